The summed E-state index contributed by atoms with van der Waals surface area (Å²) >= 11 is 1.50. The number of benzene rings is 1. The smallest absolute Gasteiger partial charge is 0.233 e. The molecule has 0 bridgehead atoms. The number of amides is 1. The topological polar surface area (TPSA) is 47.4 Å². The second kappa shape index (κ2) is 8.43. The van der Waals surface area contributed by atoms with Crippen molar-refractivity contribution in [2.75, 3.05) is 19.4 Å². The van der Waals surface area contributed by atoms with E-state index in [1.165, 1.54) is 18.2 Å². The molecule has 1 fully saturated rings. The minimum Gasteiger partial charge on any atom is -0.497 e. The highest BCUT2D eigenvalue weighted by Crippen LogP contribution is 2.25. The maximum Gasteiger partial charge on any atom is 0.233 e. The van der Waals surface area contributed by atoms with Crippen molar-refractivity contribution < 1.29 is 9.53 Å². The van der Waals surface area contributed by atoms with E-state index < -0.39 is 0 Å². The molecule has 1 aliphatic rings. The standard InChI is InChI=1S/C19H25N3O2S/c1-3-15-7-4-5-11-21(15)18(23)14-25-19-20-10-12-22(19)16-8-6-9-17(13-16)24-2/h6,8-10,12-13,15H,3-5,7,11,14H2,1-2H3. The first-order valence-corrected chi connectivity index (χ1v) is 9.81. The molecule has 1 aromatic heterocycles. The highest BCUT2D eigenvalue weighted by molar-refractivity contribution is 7.99. The first-order valence-electron chi connectivity index (χ1n) is 8.83. The summed E-state index contributed by atoms with van der Waals surface area (Å²) in [5.41, 5.74) is 0.983. The second-order valence-electron chi connectivity index (χ2n) is 6.21. The fourth-order valence-corrected chi connectivity index (χ4v) is 4.18. The van der Waals surface area contributed by atoms with Crippen molar-refractivity contribution in [3.63, 3.8) is 0 Å². The highest BCUT2D eigenvalue weighted by Gasteiger charge is 2.25. The molecule has 5 nitrogen and oxygen atoms in total. The Hall–Kier alpha value is -1.95. The van der Waals surface area contributed by atoms with Crippen LogP contribution in [0, 0.1) is 0 Å². The summed E-state index contributed by atoms with van der Waals surface area (Å²) in [6, 6.07) is 8.24. The zero-order chi connectivity index (χ0) is 17.6. The first-order chi connectivity index (χ1) is 12.2. The van der Waals surface area contributed by atoms with Crippen LogP contribution in [0.2, 0.25) is 0 Å². The Morgan fingerprint density at radius 3 is 3.08 bits per heavy atom. The number of rotatable bonds is 6. The van der Waals surface area contributed by atoms with E-state index in [1.54, 1.807) is 13.3 Å². The third kappa shape index (κ3) is 4.18. The van der Waals surface area contributed by atoms with E-state index in [2.05, 4.69) is 16.8 Å². The van der Waals surface area contributed by atoms with Crippen LogP contribution in [0.5, 0.6) is 5.75 Å². The molecule has 1 aliphatic heterocycles. The summed E-state index contributed by atoms with van der Waals surface area (Å²) in [6.45, 7) is 3.06. The van der Waals surface area contributed by atoms with Crippen molar-refractivity contribution >= 4 is 17.7 Å². The summed E-state index contributed by atoms with van der Waals surface area (Å²) in [5, 5.41) is 0.826. The maximum absolute atomic E-state index is 12.7. The third-order valence-electron chi connectivity index (χ3n) is 4.68. The normalized spacial score (nSPS) is 17.5. The molecule has 0 radical (unpaired) electrons. The van der Waals surface area contributed by atoms with Crippen molar-refractivity contribution in [3.8, 4) is 11.4 Å². The lowest BCUT2D eigenvalue weighted by molar-refractivity contribution is -0.132. The zero-order valence-electron chi connectivity index (χ0n) is 14.9. The van der Waals surface area contributed by atoms with E-state index in [-0.39, 0.29) is 5.91 Å². The van der Waals surface area contributed by atoms with E-state index in [0.29, 0.717) is 11.8 Å². The molecule has 0 aliphatic carbocycles. The highest BCUT2D eigenvalue weighted by atomic mass is 32.2. The number of hydrogen-bond acceptors (Lipinski definition) is 4. The molecule has 0 saturated carbocycles. The number of nitrogens with zero attached hydrogens (tertiary/aromatic N) is 3. The molecule has 2 heterocycles. The van der Waals surface area contributed by atoms with Crippen LogP contribution in [-0.4, -0.2) is 45.8 Å². The number of methoxy groups -OCH3 is 1. The summed E-state index contributed by atoms with van der Waals surface area (Å²) in [5.74, 6) is 1.45. The summed E-state index contributed by atoms with van der Waals surface area (Å²) in [4.78, 5) is 19.1. The Labute approximate surface area is 153 Å². The second-order valence-corrected chi connectivity index (χ2v) is 7.16. The van der Waals surface area contributed by atoms with Gasteiger partial charge in [-0.1, -0.05) is 24.8 Å². The lowest BCUT2D eigenvalue weighted by Gasteiger charge is -2.35. The van der Waals surface area contributed by atoms with Crippen LogP contribution < -0.4 is 4.74 Å². The molecule has 0 N–H and O–H groups in total. The number of piperidine rings is 1. The van der Waals surface area contributed by atoms with Gasteiger partial charge in [0.2, 0.25) is 5.91 Å². The minimum atomic E-state index is 0.219. The van der Waals surface area contributed by atoms with Gasteiger partial charge in [-0.25, -0.2) is 4.98 Å². The number of aromatic nitrogens is 2. The van der Waals surface area contributed by atoms with Crippen molar-refractivity contribution in [2.24, 2.45) is 0 Å². The number of carbonyl (C=O) groups excluding carboxylic acids is 1. The van der Waals surface area contributed by atoms with Crippen LogP contribution in [-0.2, 0) is 4.79 Å². The summed E-state index contributed by atoms with van der Waals surface area (Å²) in [7, 11) is 1.66. The summed E-state index contributed by atoms with van der Waals surface area (Å²) < 4.78 is 7.29. The van der Waals surface area contributed by atoms with Crippen molar-refractivity contribution in [2.45, 2.75) is 43.8 Å². The van der Waals surface area contributed by atoms with E-state index in [1.807, 2.05) is 35.0 Å². The van der Waals surface area contributed by atoms with Crippen molar-refractivity contribution in [1.29, 1.82) is 0 Å². The molecular weight excluding hydrogens is 334 g/mol. The lowest BCUT2D eigenvalue weighted by atomic mass is 10.0. The van der Waals surface area contributed by atoms with Crippen LogP contribution in [0.3, 0.4) is 0 Å². The van der Waals surface area contributed by atoms with Gasteiger partial charge in [-0.15, -0.1) is 0 Å². The molecule has 3 rings (SSSR count). The van der Waals surface area contributed by atoms with E-state index in [9.17, 15) is 4.79 Å². The predicted molar refractivity (Wildman–Crippen MR) is 100 cm³/mol. The Morgan fingerprint density at radius 2 is 2.28 bits per heavy atom. The molecule has 1 saturated heterocycles. The van der Waals surface area contributed by atoms with Gasteiger partial charge in [0.1, 0.15) is 5.75 Å². The fraction of sp³-hybridized carbons (Fsp3) is 0.474. The van der Waals surface area contributed by atoms with E-state index in [4.69, 9.17) is 4.74 Å². The Balaban J connectivity index is 1.68. The first kappa shape index (κ1) is 17.9. The van der Waals surface area contributed by atoms with E-state index >= 15 is 0 Å². The number of thioether (sulfide) groups is 1. The molecule has 1 aromatic carbocycles. The minimum absolute atomic E-state index is 0.219. The number of carbonyl (C=O) groups is 1. The molecule has 6 heteroatoms. The van der Waals surface area contributed by atoms with Crippen LogP contribution in [0.15, 0.2) is 41.8 Å². The molecule has 1 amide bonds. The number of hydrogen-bond donors (Lipinski definition) is 0. The Bertz CT molecular complexity index is 716. The average Bonchev–Trinajstić information content (AvgIpc) is 3.14. The van der Waals surface area contributed by atoms with Gasteiger partial charge in [0.25, 0.3) is 0 Å². The fourth-order valence-electron chi connectivity index (χ4n) is 3.32. The Kier molecular flexibility index (Phi) is 6.02. The van der Waals surface area contributed by atoms with Gasteiger partial charge in [-0.05, 0) is 37.8 Å². The number of ether oxygens (including phenoxy) is 1. The SMILES string of the molecule is CCC1CCCCN1C(=O)CSc1nccn1-c1cccc(OC)c1. The zero-order valence-corrected chi connectivity index (χ0v) is 15.7. The van der Waals surface area contributed by atoms with Gasteiger partial charge >= 0.3 is 0 Å². The van der Waals surface area contributed by atoms with Gasteiger partial charge in [0.15, 0.2) is 5.16 Å². The quantitative estimate of drug-likeness (QED) is 0.737. The lowest BCUT2D eigenvalue weighted by Crippen LogP contribution is -2.44. The van der Waals surface area contributed by atoms with Crippen LogP contribution in [0.4, 0.5) is 0 Å². The maximum atomic E-state index is 12.7. The third-order valence-corrected chi connectivity index (χ3v) is 5.63. The molecule has 25 heavy (non-hydrogen) atoms. The number of likely N-dealkylation sites (tertiary alicyclic amines) is 1. The molecule has 134 valence electrons. The Morgan fingerprint density at radius 1 is 1.40 bits per heavy atom. The largest absolute Gasteiger partial charge is 0.497 e. The van der Waals surface area contributed by atoms with Crippen LogP contribution >= 0.6 is 11.8 Å². The molecular formula is C19H25N3O2S. The van der Waals surface area contributed by atoms with Crippen molar-refractivity contribution in [1.82, 2.24) is 14.5 Å². The molecule has 0 spiro atoms. The van der Waals surface area contributed by atoms with Gasteiger partial charge in [0, 0.05) is 31.0 Å². The summed E-state index contributed by atoms with van der Waals surface area (Å²) in [6.07, 6.45) is 8.19. The van der Waals surface area contributed by atoms with Gasteiger partial charge in [0.05, 0.1) is 18.6 Å². The van der Waals surface area contributed by atoms with Gasteiger partial charge < -0.3 is 9.64 Å². The number of imidazole rings is 1. The monoisotopic (exact) mass is 359 g/mol. The van der Waals surface area contributed by atoms with Gasteiger partial charge in [-0.2, -0.15) is 0 Å². The predicted octanol–water partition coefficient (Wildman–Crippen LogP) is 3.76. The average molecular weight is 359 g/mol. The van der Waals surface area contributed by atoms with Gasteiger partial charge in [-0.3, -0.25) is 9.36 Å². The van der Waals surface area contributed by atoms with Crippen LogP contribution in [0.25, 0.3) is 5.69 Å². The van der Waals surface area contributed by atoms with Crippen LogP contribution in [0.1, 0.15) is 32.6 Å². The molecule has 1 atom stereocenters. The molecule has 1 unspecified atom stereocenters. The molecule has 2 aromatic rings. The van der Waals surface area contributed by atoms with Crippen molar-refractivity contribution in [3.05, 3.63) is 36.7 Å². The van der Waals surface area contributed by atoms with E-state index in [0.717, 1.165) is 42.4 Å².